The molecule has 0 atom stereocenters. The van der Waals surface area contributed by atoms with Crippen LogP contribution in [-0.4, -0.2) is 0 Å². The van der Waals surface area contributed by atoms with Crippen LogP contribution in [-0.2, 0) is 0 Å². The highest BCUT2D eigenvalue weighted by molar-refractivity contribution is 6.24. The van der Waals surface area contributed by atoms with E-state index in [0.29, 0.717) is 0 Å². The van der Waals surface area contributed by atoms with Crippen molar-refractivity contribution in [3.8, 4) is 44.5 Å². The van der Waals surface area contributed by atoms with Gasteiger partial charge in [0, 0.05) is 0 Å². The van der Waals surface area contributed by atoms with Crippen LogP contribution in [0, 0.1) is 0 Å². The number of hydrogen-bond acceptors (Lipinski definition) is 0. The quantitative estimate of drug-likeness (QED) is 0.128. The topological polar surface area (TPSA) is 0 Å². The van der Waals surface area contributed by atoms with Gasteiger partial charge in [-0.15, -0.1) is 0 Å². The number of benzene rings is 11. The molecule has 0 radical (unpaired) electrons. The Balaban J connectivity index is 1.27. The predicted molar refractivity (Wildman–Crippen MR) is 233 cm³/mol. The molecule has 0 bridgehead atoms. The number of hydrogen-bond donors (Lipinski definition) is 0. The van der Waals surface area contributed by atoms with Crippen LogP contribution in [0.5, 0.6) is 0 Å². The minimum absolute atomic E-state index is 1.22. The summed E-state index contributed by atoms with van der Waals surface area (Å²) < 4.78 is 0. The van der Waals surface area contributed by atoms with E-state index < -0.39 is 0 Å². The molecule has 0 saturated heterocycles. The van der Waals surface area contributed by atoms with Crippen molar-refractivity contribution in [1.82, 2.24) is 0 Å². The van der Waals surface area contributed by atoms with Crippen molar-refractivity contribution in [1.29, 1.82) is 0 Å². The molecule has 0 heteroatoms. The van der Waals surface area contributed by atoms with Gasteiger partial charge in [-0.1, -0.05) is 188 Å². The van der Waals surface area contributed by atoms with E-state index in [4.69, 9.17) is 0 Å². The second-order valence-electron chi connectivity index (χ2n) is 14.4. The molecular formula is C54H34. The predicted octanol–water partition coefficient (Wildman–Crippen LogP) is 15.3. The zero-order chi connectivity index (χ0) is 35.6. The van der Waals surface area contributed by atoms with Crippen molar-refractivity contribution in [3.63, 3.8) is 0 Å². The second kappa shape index (κ2) is 12.3. The Labute approximate surface area is 314 Å². The molecule has 0 heterocycles. The molecule has 0 aliphatic carbocycles. The van der Waals surface area contributed by atoms with E-state index in [0.717, 1.165) is 0 Å². The Hall–Kier alpha value is -7.02. The molecule has 11 rings (SSSR count). The van der Waals surface area contributed by atoms with Crippen LogP contribution in [0.1, 0.15) is 0 Å². The van der Waals surface area contributed by atoms with Gasteiger partial charge in [0.2, 0.25) is 0 Å². The van der Waals surface area contributed by atoms with Crippen molar-refractivity contribution < 1.29 is 0 Å². The Morgan fingerprint density at radius 2 is 0.722 bits per heavy atom. The van der Waals surface area contributed by atoms with Gasteiger partial charge in [0.15, 0.2) is 0 Å². The van der Waals surface area contributed by atoms with Crippen LogP contribution in [0.15, 0.2) is 206 Å². The van der Waals surface area contributed by atoms with Crippen molar-refractivity contribution >= 4 is 64.6 Å². The molecule has 0 saturated carbocycles. The molecule has 0 N–H and O–H groups in total. The highest BCUT2D eigenvalue weighted by atomic mass is 14.2. The van der Waals surface area contributed by atoms with Crippen molar-refractivity contribution in [2.45, 2.75) is 0 Å². The van der Waals surface area contributed by atoms with Gasteiger partial charge in [0.05, 0.1) is 0 Å². The van der Waals surface area contributed by atoms with Crippen LogP contribution in [0.2, 0.25) is 0 Å². The van der Waals surface area contributed by atoms with Crippen LogP contribution >= 0.6 is 0 Å². The van der Waals surface area contributed by atoms with E-state index in [1.54, 1.807) is 0 Å². The average Bonchev–Trinajstić information content (AvgIpc) is 3.24. The van der Waals surface area contributed by atoms with Crippen LogP contribution in [0.4, 0.5) is 0 Å². The first-order valence-electron chi connectivity index (χ1n) is 18.8. The summed E-state index contributed by atoms with van der Waals surface area (Å²) in [6.45, 7) is 0. The van der Waals surface area contributed by atoms with E-state index in [9.17, 15) is 0 Å². The van der Waals surface area contributed by atoms with Gasteiger partial charge < -0.3 is 0 Å². The van der Waals surface area contributed by atoms with Gasteiger partial charge in [-0.25, -0.2) is 0 Å². The Morgan fingerprint density at radius 3 is 1.54 bits per heavy atom. The van der Waals surface area contributed by atoms with E-state index in [1.165, 1.54) is 109 Å². The zero-order valence-corrected chi connectivity index (χ0v) is 29.6. The smallest absolute Gasteiger partial charge is 0.00201 e. The first-order chi connectivity index (χ1) is 26.8. The third-order valence-electron chi connectivity index (χ3n) is 11.4. The molecule has 54 heavy (non-hydrogen) atoms. The first kappa shape index (κ1) is 30.6. The molecule has 0 unspecified atom stereocenters. The first-order valence-corrected chi connectivity index (χ1v) is 18.8. The van der Waals surface area contributed by atoms with E-state index in [2.05, 4.69) is 206 Å². The standard InChI is InChI=1S/C54H34/c1-2-16-37-32-40(29-28-35(37)14-1)53-48-25-11-12-26-49(48)54(50-31-30-39(34-52(50)53)42-27-13-18-36-15-3-5-19-41(36)42)47-24-10-9-23-46(47)51-33-38-17-4-6-20-43(38)44-21-7-8-22-45(44)51/h1-34H. The van der Waals surface area contributed by atoms with Crippen molar-refractivity contribution in [2.24, 2.45) is 0 Å². The molecule has 0 fully saturated rings. The van der Waals surface area contributed by atoms with Crippen LogP contribution in [0.25, 0.3) is 109 Å². The lowest BCUT2D eigenvalue weighted by atomic mass is 9.82. The van der Waals surface area contributed by atoms with Crippen molar-refractivity contribution in [3.05, 3.63) is 206 Å². The summed E-state index contributed by atoms with van der Waals surface area (Å²) in [5, 5.41) is 15.1. The molecule has 0 aromatic heterocycles. The second-order valence-corrected chi connectivity index (χ2v) is 14.4. The summed E-state index contributed by atoms with van der Waals surface area (Å²) in [7, 11) is 0. The van der Waals surface area contributed by atoms with Crippen molar-refractivity contribution in [2.75, 3.05) is 0 Å². The van der Waals surface area contributed by atoms with Gasteiger partial charge in [0.1, 0.15) is 0 Å². The monoisotopic (exact) mass is 682 g/mol. The molecule has 0 amide bonds. The summed E-state index contributed by atoms with van der Waals surface area (Å²) in [5.74, 6) is 0. The Morgan fingerprint density at radius 1 is 0.185 bits per heavy atom. The maximum Gasteiger partial charge on any atom is -0.00201 e. The lowest BCUT2D eigenvalue weighted by molar-refractivity contribution is 1.63. The largest absolute Gasteiger partial charge is 0.0616 e. The van der Waals surface area contributed by atoms with Gasteiger partial charge in [0.25, 0.3) is 0 Å². The fraction of sp³-hybridized carbons (Fsp3) is 0. The summed E-state index contributed by atoms with van der Waals surface area (Å²) in [5.41, 5.74) is 9.96. The van der Waals surface area contributed by atoms with Gasteiger partial charge in [-0.3, -0.25) is 0 Å². The van der Waals surface area contributed by atoms with E-state index >= 15 is 0 Å². The Kier molecular flexibility index (Phi) is 6.97. The maximum absolute atomic E-state index is 2.45. The SMILES string of the molecule is c1ccc(-c2cc3ccccc3c3ccccc23)c(-c2c3ccccc3c(-c3ccc4ccccc4c3)c3cc(-c4cccc5ccccc45)ccc23)c1. The average molecular weight is 683 g/mol. The molecule has 0 aliphatic rings. The molecule has 250 valence electrons. The third-order valence-corrected chi connectivity index (χ3v) is 11.4. The fourth-order valence-corrected chi connectivity index (χ4v) is 8.98. The summed E-state index contributed by atoms with van der Waals surface area (Å²) in [6, 6.07) is 76.3. The van der Waals surface area contributed by atoms with Gasteiger partial charge >= 0.3 is 0 Å². The lowest BCUT2D eigenvalue weighted by Crippen LogP contribution is -1.94. The van der Waals surface area contributed by atoms with Gasteiger partial charge in [-0.2, -0.15) is 0 Å². The minimum atomic E-state index is 1.22. The molecular weight excluding hydrogens is 649 g/mol. The summed E-state index contributed by atoms with van der Waals surface area (Å²) >= 11 is 0. The summed E-state index contributed by atoms with van der Waals surface area (Å²) in [4.78, 5) is 0. The molecule has 0 spiro atoms. The summed E-state index contributed by atoms with van der Waals surface area (Å²) in [6.07, 6.45) is 0. The normalized spacial score (nSPS) is 11.7. The highest BCUT2D eigenvalue weighted by Crippen LogP contribution is 2.48. The van der Waals surface area contributed by atoms with Crippen LogP contribution < -0.4 is 0 Å². The van der Waals surface area contributed by atoms with E-state index in [1.807, 2.05) is 0 Å². The highest BCUT2D eigenvalue weighted by Gasteiger charge is 2.21. The molecule has 11 aromatic carbocycles. The maximum atomic E-state index is 2.45. The molecule has 11 aromatic rings. The van der Waals surface area contributed by atoms with Gasteiger partial charge in [-0.05, 0) is 127 Å². The fourth-order valence-electron chi connectivity index (χ4n) is 8.98. The Bertz CT molecular complexity index is 3270. The minimum Gasteiger partial charge on any atom is -0.0616 e. The van der Waals surface area contributed by atoms with Crippen LogP contribution in [0.3, 0.4) is 0 Å². The lowest BCUT2D eigenvalue weighted by Gasteiger charge is -2.21. The molecule has 0 nitrogen and oxygen atoms in total. The zero-order valence-electron chi connectivity index (χ0n) is 29.6. The number of fused-ring (bicyclic) bond motifs is 7. The third kappa shape index (κ3) is 4.78. The van der Waals surface area contributed by atoms with E-state index in [-0.39, 0.29) is 0 Å². The number of rotatable bonds is 4. The molecule has 0 aliphatic heterocycles.